The molecule has 3 aromatic rings. The van der Waals surface area contributed by atoms with Gasteiger partial charge in [-0.15, -0.1) is 0 Å². The molecule has 0 heterocycles. The number of anilines is 1. The third-order valence-electron chi connectivity index (χ3n) is 7.18. The Labute approximate surface area is 215 Å². The first-order chi connectivity index (χ1) is 17.8. The summed E-state index contributed by atoms with van der Waals surface area (Å²) in [5.74, 6) is -0.351. The van der Waals surface area contributed by atoms with Crippen molar-refractivity contribution in [3.8, 4) is 0 Å². The number of sulfonamides is 1. The zero-order chi connectivity index (χ0) is 26.0. The summed E-state index contributed by atoms with van der Waals surface area (Å²) in [7, 11) is -3.65. The van der Waals surface area contributed by atoms with E-state index in [-0.39, 0.29) is 22.9 Å². The van der Waals surface area contributed by atoms with Crippen LogP contribution in [0.15, 0.2) is 83.8 Å². The van der Waals surface area contributed by atoms with Crippen LogP contribution in [0.25, 0.3) is 0 Å². The van der Waals surface area contributed by atoms with Crippen molar-refractivity contribution in [3.05, 3.63) is 95.8 Å². The third-order valence-corrected chi connectivity index (χ3v) is 8.68. The van der Waals surface area contributed by atoms with Crippen molar-refractivity contribution in [2.24, 2.45) is 11.8 Å². The number of hydrogen-bond acceptors (Lipinski definition) is 4. The smallest absolute Gasteiger partial charge is 0.251 e. The zero-order valence-corrected chi connectivity index (χ0v) is 20.9. The highest BCUT2D eigenvalue weighted by Crippen LogP contribution is 2.48. The fourth-order valence-corrected chi connectivity index (χ4v) is 6.44. The van der Waals surface area contributed by atoms with Crippen molar-refractivity contribution in [1.82, 2.24) is 10.0 Å². The normalized spacial score (nSPS) is 21.1. The van der Waals surface area contributed by atoms with E-state index >= 15 is 0 Å². The first-order valence-electron chi connectivity index (χ1n) is 12.3. The molecule has 7 nitrogen and oxygen atoms in total. The van der Waals surface area contributed by atoms with Crippen LogP contribution in [0.4, 0.5) is 10.1 Å². The number of nitrogens with one attached hydrogen (secondary N) is 3. The van der Waals surface area contributed by atoms with Gasteiger partial charge in [-0.3, -0.25) is 9.59 Å². The SMILES string of the molecule is O=C(N[C@H](Cc1ccccc1)C(=O)Nc1ccc(S(=O)(=O)NC2CC3CC2C3)cc1)c1ccc(F)cc1. The number of carbonyl (C=O) groups excluding carboxylic acids is 2. The van der Waals surface area contributed by atoms with E-state index in [1.54, 1.807) is 0 Å². The average Bonchev–Trinajstić information content (AvgIpc) is 3.44. The number of hydrogen-bond donors (Lipinski definition) is 3. The molecule has 0 aromatic heterocycles. The molecule has 37 heavy (non-hydrogen) atoms. The molecule has 0 aliphatic heterocycles. The summed E-state index contributed by atoms with van der Waals surface area (Å²) in [6.45, 7) is 0. The Morgan fingerprint density at radius 3 is 2.19 bits per heavy atom. The molecule has 1 unspecified atom stereocenters. The first kappa shape index (κ1) is 25.1. The van der Waals surface area contributed by atoms with Crippen molar-refractivity contribution in [1.29, 1.82) is 0 Å². The lowest BCUT2D eigenvalue weighted by molar-refractivity contribution is -0.118. The minimum Gasteiger partial charge on any atom is -0.340 e. The second-order valence-corrected chi connectivity index (χ2v) is 11.5. The Bertz CT molecular complexity index is 1370. The van der Waals surface area contributed by atoms with Gasteiger partial charge in [0.25, 0.3) is 5.91 Å². The summed E-state index contributed by atoms with van der Waals surface area (Å²) in [4.78, 5) is 26.1. The number of fused-ring (bicyclic) bond motifs is 1. The predicted molar refractivity (Wildman–Crippen MR) is 138 cm³/mol. The van der Waals surface area contributed by atoms with Crippen LogP contribution in [0.3, 0.4) is 0 Å². The van der Waals surface area contributed by atoms with Crippen molar-refractivity contribution in [3.63, 3.8) is 0 Å². The lowest BCUT2D eigenvalue weighted by Crippen LogP contribution is -2.45. The summed E-state index contributed by atoms with van der Waals surface area (Å²) in [5, 5.41) is 5.49. The van der Waals surface area contributed by atoms with Gasteiger partial charge in [-0.05, 0) is 85.2 Å². The predicted octanol–water partition coefficient (Wildman–Crippen LogP) is 3.88. The first-order valence-corrected chi connectivity index (χ1v) is 13.8. The standard InChI is InChI=1S/C28H28FN3O4S/c29-22-8-6-20(7-9-22)27(33)31-26(16-18-4-2-1-3-5-18)28(34)30-23-10-12-24(13-11-23)37(35,36)32-25-17-19-14-21(25)15-19/h1-13,19,21,25-26,32H,14-17H2,(H,30,34)(H,31,33)/t19?,21?,25?,26-/m1/s1. The largest absolute Gasteiger partial charge is 0.340 e. The second-order valence-electron chi connectivity index (χ2n) is 9.80. The molecule has 3 aliphatic carbocycles. The summed E-state index contributed by atoms with van der Waals surface area (Å²) in [5.41, 5.74) is 1.48. The molecular weight excluding hydrogens is 493 g/mol. The van der Waals surface area contributed by atoms with Crippen molar-refractivity contribution in [2.45, 2.75) is 42.7 Å². The number of benzene rings is 3. The van der Waals surface area contributed by atoms with Gasteiger partial charge in [-0.2, -0.15) is 0 Å². The van der Waals surface area contributed by atoms with E-state index in [2.05, 4.69) is 15.4 Å². The van der Waals surface area contributed by atoms with Crippen molar-refractivity contribution in [2.75, 3.05) is 5.32 Å². The minimum absolute atomic E-state index is 0.00200. The highest BCUT2D eigenvalue weighted by molar-refractivity contribution is 7.89. The van der Waals surface area contributed by atoms with Crippen LogP contribution in [0.2, 0.25) is 0 Å². The maximum absolute atomic E-state index is 13.3. The summed E-state index contributed by atoms with van der Waals surface area (Å²) in [6, 6.07) is 19.4. The van der Waals surface area contributed by atoms with Gasteiger partial charge in [0.2, 0.25) is 15.9 Å². The van der Waals surface area contributed by atoms with E-state index in [1.165, 1.54) is 48.5 Å². The average molecular weight is 522 g/mol. The van der Waals surface area contributed by atoms with Gasteiger partial charge < -0.3 is 10.6 Å². The van der Waals surface area contributed by atoms with Crippen LogP contribution >= 0.6 is 0 Å². The van der Waals surface area contributed by atoms with Crippen LogP contribution in [-0.4, -0.2) is 32.3 Å². The Kier molecular flexibility index (Phi) is 7.08. The second kappa shape index (κ2) is 10.4. The number of carbonyl (C=O) groups is 2. The molecule has 6 rings (SSSR count). The highest BCUT2D eigenvalue weighted by Gasteiger charge is 2.45. The summed E-state index contributed by atoms with van der Waals surface area (Å²) in [6.07, 6.45) is 3.32. The number of rotatable bonds is 9. The number of amides is 2. The van der Waals surface area contributed by atoms with Gasteiger partial charge >= 0.3 is 0 Å². The van der Waals surface area contributed by atoms with Crippen LogP contribution in [-0.2, 0) is 21.2 Å². The van der Waals surface area contributed by atoms with Crippen LogP contribution < -0.4 is 15.4 Å². The van der Waals surface area contributed by atoms with Crippen LogP contribution in [0, 0.1) is 17.7 Å². The molecule has 0 radical (unpaired) electrons. The van der Waals surface area contributed by atoms with E-state index in [0.29, 0.717) is 17.5 Å². The van der Waals surface area contributed by atoms with Crippen LogP contribution in [0.5, 0.6) is 0 Å². The lowest BCUT2D eigenvalue weighted by Gasteiger charge is -2.24. The molecule has 3 aliphatic rings. The molecule has 3 saturated carbocycles. The summed E-state index contributed by atoms with van der Waals surface area (Å²) >= 11 is 0. The van der Waals surface area contributed by atoms with Gasteiger partial charge in [0.15, 0.2) is 0 Å². The molecule has 3 fully saturated rings. The highest BCUT2D eigenvalue weighted by atomic mass is 32.2. The molecule has 192 valence electrons. The fourth-order valence-electron chi connectivity index (χ4n) is 5.12. The Hall–Kier alpha value is -3.56. The van der Waals surface area contributed by atoms with E-state index < -0.39 is 33.7 Å². The van der Waals surface area contributed by atoms with Crippen molar-refractivity contribution >= 4 is 27.5 Å². The lowest BCUT2D eigenvalue weighted by atomic mass is 9.84. The molecule has 9 heteroatoms. The molecule has 3 N–H and O–H groups in total. The molecule has 2 bridgehead atoms. The molecule has 0 saturated heterocycles. The quantitative estimate of drug-likeness (QED) is 0.398. The Morgan fingerprint density at radius 1 is 0.892 bits per heavy atom. The maximum Gasteiger partial charge on any atom is 0.251 e. The fraction of sp³-hybridized carbons (Fsp3) is 0.286. The summed E-state index contributed by atoms with van der Waals surface area (Å²) < 4.78 is 41.7. The van der Waals surface area contributed by atoms with Gasteiger partial charge in [0, 0.05) is 23.7 Å². The number of halogens is 1. The topological polar surface area (TPSA) is 104 Å². The van der Waals surface area contributed by atoms with E-state index in [9.17, 15) is 22.4 Å². The molecule has 2 amide bonds. The van der Waals surface area contributed by atoms with E-state index in [4.69, 9.17) is 0 Å². The van der Waals surface area contributed by atoms with E-state index in [0.717, 1.165) is 24.8 Å². The molecule has 3 aromatic carbocycles. The van der Waals surface area contributed by atoms with E-state index in [1.807, 2.05) is 30.3 Å². The monoisotopic (exact) mass is 521 g/mol. The maximum atomic E-state index is 13.3. The molecular formula is C28H28FN3O4S. The van der Waals surface area contributed by atoms with Gasteiger partial charge in [0.1, 0.15) is 11.9 Å². The van der Waals surface area contributed by atoms with Gasteiger partial charge in [-0.1, -0.05) is 30.3 Å². The zero-order valence-electron chi connectivity index (χ0n) is 20.1. The van der Waals surface area contributed by atoms with Crippen molar-refractivity contribution < 1.29 is 22.4 Å². The molecule has 2 atom stereocenters. The Morgan fingerprint density at radius 2 is 1.57 bits per heavy atom. The van der Waals surface area contributed by atoms with Gasteiger partial charge in [-0.25, -0.2) is 17.5 Å². The molecule has 0 spiro atoms. The third kappa shape index (κ3) is 5.89. The van der Waals surface area contributed by atoms with Gasteiger partial charge in [0.05, 0.1) is 4.90 Å². The Balaban J connectivity index is 1.27. The minimum atomic E-state index is -3.65. The van der Waals surface area contributed by atoms with Crippen LogP contribution in [0.1, 0.15) is 35.2 Å².